The maximum Gasteiger partial charge on any atom is 0.137 e. The smallest absolute Gasteiger partial charge is 0.137 e. The molecule has 3 heteroatoms. The molecule has 0 amide bonds. The van der Waals surface area contributed by atoms with Gasteiger partial charge in [-0.2, -0.15) is 0 Å². The van der Waals surface area contributed by atoms with Crippen molar-refractivity contribution in [3.8, 4) is 5.75 Å². The van der Waals surface area contributed by atoms with Crippen LogP contribution in [0.5, 0.6) is 5.75 Å². The Kier molecular flexibility index (Phi) is 3.49. The molecule has 15 heavy (non-hydrogen) atoms. The van der Waals surface area contributed by atoms with Crippen molar-refractivity contribution in [3.05, 3.63) is 29.3 Å². The molecule has 2 rings (SSSR count). The van der Waals surface area contributed by atoms with E-state index in [0.29, 0.717) is 17.7 Å². The van der Waals surface area contributed by atoms with Gasteiger partial charge in [0, 0.05) is 12.1 Å². The summed E-state index contributed by atoms with van der Waals surface area (Å²) in [4.78, 5) is 0. The third-order valence-corrected chi connectivity index (χ3v) is 2.74. The van der Waals surface area contributed by atoms with Crippen LogP contribution in [0.3, 0.4) is 0 Å². The Labute approximate surface area is 95.6 Å². The summed E-state index contributed by atoms with van der Waals surface area (Å²) in [5.41, 5.74) is 0. The molecule has 1 aliphatic rings. The average molecular weight is 226 g/mol. The van der Waals surface area contributed by atoms with E-state index >= 15 is 0 Å². The zero-order valence-electron chi connectivity index (χ0n) is 8.87. The van der Waals surface area contributed by atoms with Gasteiger partial charge in [-0.15, -0.1) is 0 Å². The summed E-state index contributed by atoms with van der Waals surface area (Å²) in [5, 5.41) is 4.15. The standard InChI is InChI=1S/C12H16ClNO/c1-9(14-10-6-7-10)8-15-12-5-3-2-4-11(12)13/h2-5,9-10,14H,6-8H2,1H3. The predicted molar refractivity (Wildman–Crippen MR) is 62.6 cm³/mol. The van der Waals surface area contributed by atoms with E-state index in [4.69, 9.17) is 16.3 Å². The molecule has 2 nitrogen and oxygen atoms in total. The molecule has 1 aromatic carbocycles. The molecule has 0 radical (unpaired) electrons. The van der Waals surface area contributed by atoms with Crippen molar-refractivity contribution >= 4 is 11.6 Å². The SMILES string of the molecule is CC(COc1ccccc1Cl)NC1CC1. The van der Waals surface area contributed by atoms with Gasteiger partial charge in [-0.25, -0.2) is 0 Å². The Morgan fingerprint density at radius 2 is 2.20 bits per heavy atom. The molecule has 1 unspecified atom stereocenters. The predicted octanol–water partition coefficient (Wildman–Crippen LogP) is 2.86. The van der Waals surface area contributed by atoms with Gasteiger partial charge >= 0.3 is 0 Å². The van der Waals surface area contributed by atoms with E-state index in [1.165, 1.54) is 12.8 Å². The minimum atomic E-state index is 0.383. The van der Waals surface area contributed by atoms with Gasteiger partial charge in [-0.05, 0) is 31.9 Å². The normalized spacial score (nSPS) is 17.5. The molecule has 1 aliphatic carbocycles. The summed E-state index contributed by atoms with van der Waals surface area (Å²) in [7, 11) is 0. The molecule has 82 valence electrons. The lowest BCUT2D eigenvalue weighted by molar-refractivity contribution is 0.272. The number of ether oxygens (including phenoxy) is 1. The van der Waals surface area contributed by atoms with Crippen LogP contribution < -0.4 is 10.1 Å². The molecule has 0 saturated heterocycles. The van der Waals surface area contributed by atoms with Crippen molar-refractivity contribution in [2.45, 2.75) is 31.8 Å². The molecule has 0 bridgehead atoms. The second-order valence-electron chi connectivity index (χ2n) is 4.08. The topological polar surface area (TPSA) is 21.3 Å². The summed E-state index contributed by atoms with van der Waals surface area (Å²) in [6.07, 6.45) is 2.60. The van der Waals surface area contributed by atoms with E-state index < -0.39 is 0 Å². The number of nitrogens with one attached hydrogen (secondary N) is 1. The van der Waals surface area contributed by atoms with Crippen LogP contribution in [-0.2, 0) is 0 Å². The largest absolute Gasteiger partial charge is 0.490 e. The Morgan fingerprint density at radius 3 is 2.87 bits per heavy atom. The third kappa shape index (κ3) is 3.40. The monoisotopic (exact) mass is 225 g/mol. The maximum absolute atomic E-state index is 5.98. The van der Waals surface area contributed by atoms with E-state index in [0.717, 1.165) is 11.8 Å². The van der Waals surface area contributed by atoms with Crippen molar-refractivity contribution < 1.29 is 4.74 Å². The highest BCUT2D eigenvalue weighted by Crippen LogP contribution is 2.23. The number of benzene rings is 1. The van der Waals surface area contributed by atoms with Gasteiger partial charge in [0.1, 0.15) is 12.4 Å². The molecule has 0 aromatic heterocycles. The highest BCUT2D eigenvalue weighted by atomic mass is 35.5. The van der Waals surface area contributed by atoms with E-state index in [1.54, 1.807) is 0 Å². The summed E-state index contributed by atoms with van der Waals surface area (Å²) in [6, 6.07) is 8.67. The van der Waals surface area contributed by atoms with E-state index in [1.807, 2.05) is 24.3 Å². The highest BCUT2D eigenvalue weighted by molar-refractivity contribution is 6.32. The molecule has 0 aliphatic heterocycles. The lowest BCUT2D eigenvalue weighted by Crippen LogP contribution is -2.33. The van der Waals surface area contributed by atoms with Crippen LogP contribution in [0.4, 0.5) is 0 Å². The van der Waals surface area contributed by atoms with Crippen LogP contribution in [0.1, 0.15) is 19.8 Å². The fraction of sp³-hybridized carbons (Fsp3) is 0.500. The zero-order valence-corrected chi connectivity index (χ0v) is 9.63. The average Bonchev–Trinajstić information content (AvgIpc) is 3.00. The van der Waals surface area contributed by atoms with Crippen LogP contribution in [0.15, 0.2) is 24.3 Å². The minimum Gasteiger partial charge on any atom is -0.490 e. The summed E-state index contributed by atoms with van der Waals surface area (Å²) >= 11 is 5.98. The lowest BCUT2D eigenvalue weighted by Gasteiger charge is -2.14. The van der Waals surface area contributed by atoms with E-state index in [-0.39, 0.29) is 0 Å². The first-order chi connectivity index (χ1) is 7.25. The van der Waals surface area contributed by atoms with Crippen LogP contribution in [0, 0.1) is 0 Å². The molecule has 1 N–H and O–H groups in total. The Morgan fingerprint density at radius 1 is 1.47 bits per heavy atom. The van der Waals surface area contributed by atoms with E-state index in [2.05, 4.69) is 12.2 Å². The third-order valence-electron chi connectivity index (χ3n) is 2.42. The quantitative estimate of drug-likeness (QED) is 0.832. The van der Waals surface area contributed by atoms with Gasteiger partial charge in [0.25, 0.3) is 0 Å². The van der Waals surface area contributed by atoms with Gasteiger partial charge < -0.3 is 10.1 Å². The summed E-state index contributed by atoms with van der Waals surface area (Å²) in [6.45, 7) is 2.80. The van der Waals surface area contributed by atoms with Crippen molar-refractivity contribution in [2.75, 3.05) is 6.61 Å². The second-order valence-corrected chi connectivity index (χ2v) is 4.49. The number of hydrogen-bond acceptors (Lipinski definition) is 2. The van der Waals surface area contributed by atoms with Crippen LogP contribution >= 0.6 is 11.6 Å². The van der Waals surface area contributed by atoms with Crippen LogP contribution in [-0.4, -0.2) is 18.7 Å². The molecule has 0 heterocycles. The van der Waals surface area contributed by atoms with Gasteiger partial charge in [0.05, 0.1) is 5.02 Å². The van der Waals surface area contributed by atoms with Gasteiger partial charge in [-0.1, -0.05) is 23.7 Å². The number of hydrogen-bond donors (Lipinski definition) is 1. The molecule has 1 atom stereocenters. The molecular weight excluding hydrogens is 210 g/mol. The molecule has 1 saturated carbocycles. The first-order valence-electron chi connectivity index (χ1n) is 5.39. The Balaban J connectivity index is 1.78. The van der Waals surface area contributed by atoms with Gasteiger partial charge in [-0.3, -0.25) is 0 Å². The van der Waals surface area contributed by atoms with Gasteiger partial charge in [0.15, 0.2) is 0 Å². The first kappa shape index (κ1) is 10.8. The number of para-hydroxylation sites is 1. The molecule has 1 aromatic rings. The van der Waals surface area contributed by atoms with E-state index in [9.17, 15) is 0 Å². The van der Waals surface area contributed by atoms with Crippen molar-refractivity contribution in [1.29, 1.82) is 0 Å². The first-order valence-corrected chi connectivity index (χ1v) is 5.77. The second kappa shape index (κ2) is 4.86. The highest BCUT2D eigenvalue weighted by Gasteiger charge is 2.22. The zero-order chi connectivity index (χ0) is 10.7. The lowest BCUT2D eigenvalue weighted by atomic mass is 10.3. The van der Waals surface area contributed by atoms with Crippen LogP contribution in [0.2, 0.25) is 5.02 Å². The summed E-state index contributed by atoms with van der Waals surface area (Å²) < 4.78 is 5.63. The fourth-order valence-electron chi connectivity index (χ4n) is 1.48. The fourth-order valence-corrected chi connectivity index (χ4v) is 1.67. The maximum atomic E-state index is 5.98. The number of halogens is 1. The molecule has 0 spiro atoms. The molecule has 1 fully saturated rings. The summed E-state index contributed by atoms with van der Waals surface area (Å²) in [5.74, 6) is 0.767. The Hall–Kier alpha value is -0.730. The number of rotatable bonds is 5. The molecular formula is C12H16ClNO. The van der Waals surface area contributed by atoms with Crippen molar-refractivity contribution in [3.63, 3.8) is 0 Å². The van der Waals surface area contributed by atoms with Crippen LogP contribution in [0.25, 0.3) is 0 Å². The minimum absolute atomic E-state index is 0.383. The van der Waals surface area contributed by atoms with Crippen molar-refractivity contribution in [2.24, 2.45) is 0 Å². The van der Waals surface area contributed by atoms with Gasteiger partial charge in [0.2, 0.25) is 0 Å². The van der Waals surface area contributed by atoms with Crippen molar-refractivity contribution in [1.82, 2.24) is 5.32 Å². The Bertz CT molecular complexity index is 325.